The maximum absolute atomic E-state index is 12.2. The van der Waals surface area contributed by atoms with Crippen LogP contribution in [0, 0.1) is 0 Å². The van der Waals surface area contributed by atoms with E-state index in [0.717, 1.165) is 24.2 Å². The topological polar surface area (TPSA) is 36.4 Å². The Morgan fingerprint density at radius 2 is 1.92 bits per heavy atom. The van der Waals surface area contributed by atoms with Crippen molar-refractivity contribution in [1.29, 1.82) is 0 Å². The molecular weight excluding hydrogens is 310 g/mol. The third kappa shape index (κ3) is 4.92. The minimum absolute atomic E-state index is 0.0102. The molecule has 2 aromatic rings. The molecular formula is C21H25N3O. The van der Waals surface area contributed by atoms with E-state index in [0.29, 0.717) is 6.54 Å². The van der Waals surface area contributed by atoms with Crippen LogP contribution in [0.15, 0.2) is 54.9 Å². The van der Waals surface area contributed by atoms with E-state index in [1.165, 1.54) is 24.9 Å². The third-order valence-electron chi connectivity index (χ3n) is 4.56. The van der Waals surface area contributed by atoms with Crippen LogP contribution in [0.2, 0.25) is 0 Å². The molecule has 4 nitrogen and oxygen atoms in total. The van der Waals surface area contributed by atoms with E-state index < -0.39 is 0 Å². The average molecular weight is 335 g/mol. The van der Waals surface area contributed by atoms with E-state index in [1.54, 1.807) is 29.4 Å². The molecule has 0 bridgehead atoms. The molecule has 0 spiro atoms. The first kappa shape index (κ1) is 17.2. The number of anilines is 1. The van der Waals surface area contributed by atoms with Crippen LogP contribution in [0.3, 0.4) is 0 Å². The number of hydrogen-bond donors (Lipinski definition) is 0. The Labute approximate surface area is 149 Å². The van der Waals surface area contributed by atoms with Crippen molar-refractivity contribution >= 4 is 17.7 Å². The van der Waals surface area contributed by atoms with Gasteiger partial charge in [-0.3, -0.25) is 9.78 Å². The van der Waals surface area contributed by atoms with Gasteiger partial charge in [0.1, 0.15) is 0 Å². The average Bonchev–Trinajstić information content (AvgIpc) is 2.68. The summed E-state index contributed by atoms with van der Waals surface area (Å²) < 4.78 is 0. The zero-order valence-electron chi connectivity index (χ0n) is 14.8. The standard InChI is InChI=1S/C21H25N3O/c1-23(21(25)12-9-18-6-5-13-22-16-18)17-19-7-10-20(11-8-19)24-14-3-2-4-15-24/h5-13,16H,2-4,14-15,17H2,1H3/b12-9+. The van der Waals surface area contributed by atoms with E-state index in [4.69, 9.17) is 0 Å². The fraction of sp³-hybridized carbons (Fsp3) is 0.333. The third-order valence-corrected chi connectivity index (χ3v) is 4.56. The highest BCUT2D eigenvalue weighted by molar-refractivity contribution is 5.91. The molecule has 1 aliphatic rings. The predicted octanol–water partition coefficient (Wildman–Crippen LogP) is 3.74. The van der Waals surface area contributed by atoms with Crippen LogP contribution in [0.5, 0.6) is 0 Å². The van der Waals surface area contributed by atoms with Crippen molar-refractivity contribution in [3.05, 3.63) is 66.0 Å². The van der Waals surface area contributed by atoms with Crippen LogP contribution in [-0.2, 0) is 11.3 Å². The minimum atomic E-state index is -0.0102. The van der Waals surface area contributed by atoms with Crippen molar-refractivity contribution in [2.75, 3.05) is 25.0 Å². The molecule has 25 heavy (non-hydrogen) atoms. The van der Waals surface area contributed by atoms with E-state index in [9.17, 15) is 4.79 Å². The Balaban J connectivity index is 1.55. The molecule has 4 heteroatoms. The largest absolute Gasteiger partial charge is 0.372 e. The number of nitrogens with zero attached hydrogens (tertiary/aromatic N) is 3. The van der Waals surface area contributed by atoms with Crippen molar-refractivity contribution in [1.82, 2.24) is 9.88 Å². The van der Waals surface area contributed by atoms with Gasteiger partial charge in [-0.25, -0.2) is 0 Å². The van der Waals surface area contributed by atoms with Gasteiger partial charge in [0.15, 0.2) is 0 Å². The van der Waals surface area contributed by atoms with Crippen molar-refractivity contribution < 1.29 is 4.79 Å². The molecule has 0 unspecified atom stereocenters. The van der Waals surface area contributed by atoms with E-state index >= 15 is 0 Å². The highest BCUT2D eigenvalue weighted by atomic mass is 16.2. The Hall–Kier alpha value is -2.62. The maximum atomic E-state index is 12.2. The number of likely N-dealkylation sites (N-methyl/N-ethyl adjacent to an activating group) is 1. The highest BCUT2D eigenvalue weighted by Crippen LogP contribution is 2.20. The Morgan fingerprint density at radius 3 is 2.60 bits per heavy atom. The predicted molar refractivity (Wildman–Crippen MR) is 102 cm³/mol. The lowest BCUT2D eigenvalue weighted by molar-refractivity contribution is -0.125. The van der Waals surface area contributed by atoms with E-state index in [2.05, 4.69) is 34.1 Å². The van der Waals surface area contributed by atoms with Gasteiger partial charge in [-0.05, 0) is 54.7 Å². The van der Waals surface area contributed by atoms with Gasteiger partial charge in [-0.15, -0.1) is 0 Å². The van der Waals surface area contributed by atoms with Crippen molar-refractivity contribution in [2.45, 2.75) is 25.8 Å². The lowest BCUT2D eigenvalue weighted by Crippen LogP contribution is -2.29. The van der Waals surface area contributed by atoms with E-state index in [1.807, 2.05) is 19.2 Å². The van der Waals surface area contributed by atoms with Crippen molar-refractivity contribution in [3.63, 3.8) is 0 Å². The normalized spacial score (nSPS) is 14.7. The fourth-order valence-electron chi connectivity index (χ4n) is 3.09. The summed E-state index contributed by atoms with van der Waals surface area (Å²) in [6.07, 6.45) is 10.8. The number of rotatable bonds is 5. The van der Waals surface area contributed by atoms with Crippen LogP contribution in [0.4, 0.5) is 5.69 Å². The second-order valence-electron chi connectivity index (χ2n) is 6.53. The summed E-state index contributed by atoms with van der Waals surface area (Å²) in [7, 11) is 1.83. The van der Waals surface area contributed by atoms with Gasteiger partial charge in [0, 0.05) is 50.8 Å². The molecule has 130 valence electrons. The molecule has 2 heterocycles. The van der Waals surface area contributed by atoms with Crippen LogP contribution >= 0.6 is 0 Å². The second kappa shape index (κ2) is 8.47. The first-order valence-electron chi connectivity index (χ1n) is 8.89. The SMILES string of the molecule is CN(Cc1ccc(N2CCCCC2)cc1)C(=O)/C=C/c1cccnc1. The van der Waals surface area contributed by atoms with Gasteiger partial charge in [0.2, 0.25) is 5.91 Å². The number of piperidine rings is 1. The summed E-state index contributed by atoms with van der Waals surface area (Å²) in [5.41, 5.74) is 3.36. The number of hydrogen-bond acceptors (Lipinski definition) is 3. The first-order valence-corrected chi connectivity index (χ1v) is 8.89. The molecule has 1 saturated heterocycles. The van der Waals surface area contributed by atoms with Gasteiger partial charge in [0.05, 0.1) is 0 Å². The molecule has 0 N–H and O–H groups in total. The molecule has 3 rings (SSSR count). The van der Waals surface area contributed by atoms with E-state index in [-0.39, 0.29) is 5.91 Å². The van der Waals surface area contributed by atoms with Gasteiger partial charge in [-0.1, -0.05) is 18.2 Å². The van der Waals surface area contributed by atoms with Crippen molar-refractivity contribution in [3.8, 4) is 0 Å². The Kier molecular flexibility index (Phi) is 5.83. The first-order chi connectivity index (χ1) is 12.2. The number of carbonyl (C=O) groups is 1. The smallest absolute Gasteiger partial charge is 0.246 e. The fourth-order valence-corrected chi connectivity index (χ4v) is 3.09. The number of carbonyl (C=O) groups excluding carboxylic acids is 1. The summed E-state index contributed by atoms with van der Waals surface area (Å²) in [6, 6.07) is 12.4. The minimum Gasteiger partial charge on any atom is -0.372 e. The summed E-state index contributed by atoms with van der Waals surface area (Å²) in [6.45, 7) is 2.91. The zero-order valence-corrected chi connectivity index (χ0v) is 14.8. The van der Waals surface area contributed by atoms with Gasteiger partial charge in [-0.2, -0.15) is 0 Å². The quantitative estimate of drug-likeness (QED) is 0.781. The summed E-state index contributed by atoms with van der Waals surface area (Å²) in [5, 5.41) is 0. The van der Waals surface area contributed by atoms with Gasteiger partial charge in [0.25, 0.3) is 0 Å². The lowest BCUT2D eigenvalue weighted by Gasteiger charge is -2.29. The molecule has 1 fully saturated rings. The van der Waals surface area contributed by atoms with Crippen LogP contribution in [0.1, 0.15) is 30.4 Å². The molecule has 1 aliphatic heterocycles. The molecule has 0 aliphatic carbocycles. The summed E-state index contributed by atoms with van der Waals surface area (Å²) in [4.78, 5) is 20.5. The zero-order chi connectivity index (χ0) is 17.5. The number of benzene rings is 1. The molecule has 0 radical (unpaired) electrons. The van der Waals surface area contributed by atoms with Crippen LogP contribution in [-0.4, -0.2) is 35.9 Å². The van der Waals surface area contributed by atoms with Crippen LogP contribution < -0.4 is 4.90 Å². The summed E-state index contributed by atoms with van der Waals surface area (Å²) in [5.74, 6) is -0.0102. The molecule has 0 saturated carbocycles. The van der Waals surface area contributed by atoms with Gasteiger partial charge < -0.3 is 9.80 Å². The van der Waals surface area contributed by atoms with Crippen molar-refractivity contribution in [2.24, 2.45) is 0 Å². The maximum Gasteiger partial charge on any atom is 0.246 e. The van der Waals surface area contributed by atoms with Crippen LogP contribution in [0.25, 0.3) is 6.08 Å². The monoisotopic (exact) mass is 335 g/mol. The number of amides is 1. The molecule has 0 atom stereocenters. The van der Waals surface area contributed by atoms with Gasteiger partial charge >= 0.3 is 0 Å². The highest BCUT2D eigenvalue weighted by Gasteiger charge is 2.11. The second-order valence-corrected chi connectivity index (χ2v) is 6.53. The molecule has 1 aromatic carbocycles. The summed E-state index contributed by atoms with van der Waals surface area (Å²) >= 11 is 0. The molecule has 1 amide bonds. The number of pyridine rings is 1. The number of aromatic nitrogens is 1. The lowest BCUT2D eigenvalue weighted by atomic mass is 10.1. The Morgan fingerprint density at radius 1 is 1.16 bits per heavy atom. The molecule has 1 aromatic heterocycles. The Bertz CT molecular complexity index is 704.